The van der Waals surface area contributed by atoms with Crippen LogP contribution in [0.4, 0.5) is 0 Å². The number of rotatable bonds is 4. The van der Waals surface area contributed by atoms with Gasteiger partial charge in [-0.1, -0.05) is 6.07 Å². The number of amides is 4. The van der Waals surface area contributed by atoms with E-state index in [1.54, 1.807) is 18.2 Å². The van der Waals surface area contributed by atoms with Crippen molar-refractivity contribution in [3.8, 4) is 0 Å². The molecule has 1 unspecified atom stereocenters. The van der Waals surface area contributed by atoms with E-state index in [4.69, 9.17) is 10.5 Å². The molecule has 9 heteroatoms. The Morgan fingerprint density at radius 3 is 2.68 bits per heavy atom. The van der Waals surface area contributed by atoms with Gasteiger partial charge in [-0.3, -0.25) is 29.4 Å². The predicted molar refractivity (Wildman–Crippen MR) is 97.2 cm³/mol. The summed E-state index contributed by atoms with van der Waals surface area (Å²) in [5.41, 5.74) is 7.45. The maximum atomic E-state index is 12.8. The summed E-state index contributed by atoms with van der Waals surface area (Å²) >= 11 is 0. The van der Waals surface area contributed by atoms with Crippen molar-refractivity contribution in [3.05, 3.63) is 34.9 Å². The molecule has 3 aliphatic heterocycles. The Morgan fingerprint density at radius 1 is 1.14 bits per heavy atom. The minimum atomic E-state index is -0.952. The molecule has 0 aromatic heterocycles. The number of ether oxygens (including phenoxy) is 1. The van der Waals surface area contributed by atoms with E-state index < -0.39 is 29.7 Å². The fourth-order valence-corrected chi connectivity index (χ4v) is 3.89. The number of imide groups is 2. The molecule has 4 N–H and O–H groups in total. The number of hydrogen-bond acceptors (Lipinski definition) is 7. The molecular weight excluding hydrogens is 364 g/mol. The second-order valence-electron chi connectivity index (χ2n) is 7.34. The van der Waals surface area contributed by atoms with Gasteiger partial charge in [0.25, 0.3) is 11.8 Å². The Bertz CT molecular complexity index is 855. The molecular formula is C19H22N4O5. The Hall–Kier alpha value is -2.62. The van der Waals surface area contributed by atoms with E-state index >= 15 is 0 Å². The Balaban J connectivity index is 1.49. The van der Waals surface area contributed by atoms with Crippen molar-refractivity contribution in [1.82, 2.24) is 15.5 Å². The molecule has 2 fully saturated rings. The summed E-state index contributed by atoms with van der Waals surface area (Å²) in [7, 11) is 0. The maximum Gasteiger partial charge on any atom is 0.262 e. The first-order valence-electron chi connectivity index (χ1n) is 9.37. The van der Waals surface area contributed by atoms with E-state index in [0.29, 0.717) is 19.8 Å². The van der Waals surface area contributed by atoms with Crippen LogP contribution in [-0.2, 0) is 20.9 Å². The highest BCUT2D eigenvalue weighted by atomic mass is 16.5. The topological polar surface area (TPSA) is 131 Å². The van der Waals surface area contributed by atoms with Crippen molar-refractivity contribution in [2.45, 2.75) is 43.9 Å². The van der Waals surface area contributed by atoms with Crippen LogP contribution in [0.2, 0.25) is 0 Å². The van der Waals surface area contributed by atoms with Gasteiger partial charge in [-0.25, -0.2) is 0 Å². The number of carbonyl (C=O) groups is 4. The van der Waals surface area contributed by atoms with Gasteiger partial charge in [0, 0.05) is 31.7 Å². The molecule has 4 amide bonds. The first-order chi connectivity index (χ1) is 13.5. The van der Waals surface area contributed by atoms with Crippen LogP contribution in [0.5, 0.6) is 0 Å². The van der Waals surface area contributed by atoms with Gasteiger partial charge in [0.05, 0.1) is 17.7 Å². The number of nitrogens with one attached hydrogen (secondary N) is 2. The zero-order valence-corrected chi connectivity index (χ0v) is 15.3. The number of carbonyl (C=O) groups excluding carboxylic acids is 4. The zero-order valence-electron chi connectivity index (χ0n) is 15.3. The average molecular weight is 386 g/mol. The lowest BCUT2D eigenvalue weighted by atomic mass is 10.0. The average Bonchev–Trinajstić information content (AvgIpc) is 2.92. The largest absolute Gasteiger partial charge is 0.380 e. The highest BCUT2D eigenvalue weighted by Crippen LogP contribution is 2.28. The highest BCUT2D eigenvalue weighted by molar-refractivity contribution is 6.23. The van der Waals surface area contributed by atoms with Crippen LogP contribution in [0.15, 0.2) is 18.2 Å². The molecule has 3 heterocycles. The molecule has 1 aromatic rings. The van der Waals surface area contributed by atoms with Gasteiger partial charge in [-0.05, 0) is 30.5 Å². The van der Waals surface area contributed by atoms with Crippen molar-refractivity contribution < 1.29 is 23.9 Å². The van der Waals surface area contributed by atoms with Crippen LogP contribution < -0.4 is 16.4 Å². The molecule has 0 bridgehead atoms. The molecule has 9 nitrogen and oxygen atoms in total. The Morgan fingerprint density at radius 2 is 1.93 bits per heavy atom. The van der Waals surface area contributed by atoms with Crippen molar-refractivity contribution in [3.63, 3.8) is 0 Å². The molecule has 148 valence electrons. The van der Waals surface area contributed by atoms with E-state index in [2.05, 4.69) is 10.6 Å². The lowest BCUT2D eigenvalue weighted by Gasteiger charge is -2.29. The van der Waals surface area contributed by atoms with Crippen LogP contribution in [0.25, 0.3) is 0 Å². The number of piperidine rings is 1. The summed E-state index contributed by atoms with van der Waals surface area (Å²) in [6.07, 6.45) is 1.06. The van der Waals surface area contributed by atoms with Gasteiger partial charge in [-0.2, -0.15) is 0 Å². The fraction of sp³-hybridized carbons (Fsp3) is 0.474. The molecule has 0 spiro atoms. The summed E-state index contributed by atoms with van der Waals surface area (Å²) in [6.45, 7) is 1.67. The van der Waals surface area contributed by atoms with E-state index in [1.165, 1.54) is 0 Å². The Labute approximate surface area is 161 Å². The van der Waals surface area contributed by atoms with Crippen molar-refractivity contribution in [1.29, 1.82) is 0 Å². The second kappa shape index (κ2) is 7.42. The first kappa shape index (κ1) is 18.7. The standard InChI is InChI=1S/C19H22N4O5/c20-13-9-28-6-5-14(13)21-8-10-1-2-11-12(7-10)19(27)23(18(11)26)15-3-4-16(24)22-17(15)25/h1-2,7,13-15,21H,3-6,8-9,20H2,(H,22,24,25)/t13-,14+,15?/m1/s1. The predicted octanol–water partition coefficient (Wildman–Crippen LogP) is -0.706. The molecule has 0 radical (unpaired) electrons. The summed E-state index contributed by atoms with van der Waals surface area (Å²) in [5, 5.41) is 5.57. The van der Waals surface area contributed by atoms with Gasteiger partial charge >= 0.3 is 0 Å². The van der Waals surface area contributed by atoms with E-state index in [9.17, 15) is 19.2 Å². The molecule has 1 aromatic carbocycles. The third-order valence-corrected chi connectivity index (χ3v) is 5.47. The summed E-state index contributed by atoms with van der Waals surface area (Å²) < 4.78 is 5.33. The Kier molecular flexibility index (Phi) is 4.96. The normalized spacial score (nSPS) is 27.8. The van der Waals surface area contributed by atoms with E-state index in [-0.39, 0.29) is 36.1 Å². The molecule has 3 aliphatic rings. The van der Waals surface area contributed by atoms with Gasteiger partial charge in [0.15, 0.2) is 0 Å². The van der Waals surface area contributed by atoms with Gasteiger partial charge in [0.1, 0.15) is 6.04 Å². The number of fused-ring (bicyclic) bond motifs is 1. The number of hydrogen-bond donors (Lipinski definition) is 3. The van der Waals surface area contributed by atoms with Crippen LogP contribution >= 0.6 is 0 Å². The molecule has 2 saturated heterocycles. The first-order valence-corrected chi connectivity index (χ1v) is 9.37. The van der Waals surface area contributed by atoms with Gasteiger partial charge < -0.3 is 15.8 Å². The molecule has 0 saturated carbocycles. The number of benzene rings is 1. The summed E-state index contributed by atoms with van der Waals surface area (Å²) in [5.74, 6) is -2.00. The van der Waals surface area contributed by atoms with Crippen molar-refractivity contribution >= 4 is 23.6 Å². The monoisotopic (exact) mass is 386 g/mol. The maximum absolute atomic E-state index is 12.8. The highest BCUT2D eigenvalue weighted by Gasteiger charge is 2.44. The number of nitrogens with two attached hydrogens (primary N) is 1. The third kappa shape index (κ3) is 3.32. The van der Waals surface area contributed by atoms with Crippen LogP contribution in [0.3, 0.4) is 0 Å². The summed E-state index contributed by atoms with van der Waals surface area (Å²) in [6, 6.07) is 4.16. The van der Waals surface area contributed by atoms with Crippen molar-refractivity contribution in [2.75, 3.05) is 13.2 Å². The molecule has 4 rings (SSSR count). The van der Waals surface area contributed by atoms with Crippen LogP contribution in [0.1, 0.15) is 45.5 Å². The lowest BCUT2D eigenvalue weighted by Crippen LogP contribution is -2.54. The molecule has 3 atom stereocenters. The van der Waals surface area contributed by atoms with Gasteiger partial charge in [0.2, 0.25) is 11.8 Å². The van der Waals surface area contributed by atoms with Crippen LogP contribution in [0, 0.1) is 0 Å². The van der Waals surface area contributed by atoms with Gasteiger partial charge in [-0.15, -0.1) is 0 Å². The fourth-order valence-electron chi connectivity index (χ4n) is 3.89. The SMILES string of the molecule is N[C@@H]1COCC[C@@H]1NCc1ccc2c(c1)C(=O)N(C1CCC(=O)NC1=O)C2=O. The lowest BCUT2D eigenvalue weighted by molar-refractivity contribution is -0.136. The summed E-state index contributed by atoms with van der Waals surface area (Å²) in [4.78, 5) is 49.9. The second-order valence-corrected chi connectivity index (χ2v) is 7.34. The van der Waals surface area contributed by atoms with Crippen LogP contribution in [-0.4, -0.2) is 59.9 Å². The zero-order chi connectivity index (χ0) is 19.8. The third-order valence-electron chi connectivity index (χ3n) is 5.47. The minimum Gasteiger partial charge on any atom is -0.380 e. The van der Waals surface area contributed by atoms with E-state index in [1.807, 2.05) is 0 Å². The molecule has 28 heavy (non-hydrogen) atoms. The number of nitrogens with zero attached hydrogens (tertiary/aromatic N) is 1. The minimum absolute atomic E-state index is 0.0885. The smallest absolute Gasteiger partial charge is 0.262 e. The molecule has 0 aliphatic carbocycles. The van der Waals surface area contributed by atoms with E-state index in [0.717, 1.165) is 16.9 Å². The quantitative estimate of drug-likeness (QED) is 0.583. The van der Waals surface area contributed by atoms with Crippen molar-refractivity contribution in [2.24, 2.45) is 5.73 Å².